The number of fused-ring (bicyclic) bond motifs is 1. The Hall–Kier alpha value is -1.03. The first-order valence-corrected chi connectivity index (χ1v) is 5.71. The summed E-state index contributed by atoms with van der Waals surface area (Å²) in [5, 5.41) is 9.42. The van der Waals surface area contributed by atoms with Crippen LogP contribution in [0, 0.1) is 0 Å². The number of hydrogen-bond acceptors (Lipinski definition) is 3. The summed E-state index contributed by atoms with van der Waals surface area (Å²) in [6, 6.07) is 0.296. The van der Waals surface area contributed by atoms with E-state index in [1.165, 1.54) is 0 Å². The highest BCUT2D eigenvalue weighted by atomic mass is 16.5. The lowest BCUT2D eigenvalue weighted by Gasteiger charge is -2.57. The van der Waals surface area contributed by atoms with Crippen LogP contribution in [0.15, 0.2) is 11.3 Å². The predicted molar refractivity (Wildman–Crippen MR) is 59.8 cm³/mol. The third-order valence-corrected chi connectivity index (χ3v) is 3.70. The van der Waals surface area contributed by atoms with Gasteiger partial charge in [-0.3, -0.25) is 4.79 Å². The predicted octanol–water partition coefficient (Wildman–Crippen LogP) is 1.96. The van der Waals surface area contributed by atoms with E-state index in [0.29, 0.717) is 12.5 Å². The SMILES string of the molecule is CC(C)=C1C[C@@](C)(C(=O)O)N2C(C)C[C@H]2O1. The minimum absolute atomic E-state index is 0.0465. The molecule has 3 atom stereocenters. The van der Waals surface area contributed by atoms with E-state index < -0.39 is 11.5 Å². The van der Waals surface area contributed by atoms with E-state index in [9.17, 15) is 9.90 Å². The molecule has 0 spiro atoms. The van der Waals surface area contributed by atoms with Gasteiger partial charge in [-0.1, -0.05) is 0 Å². The number of nitrogens with zero attached hydrogens (tertiary/aromatic N) is 1. The van der Waals surface area contributed by atoms with E-state index in [1.807, 2.05) is 18.7 Å². The van der Waals surface area contributed by atoms with Crippen LogP contribution in [0.25, 0.3) is 0 Å². The summed E-state index contributed by atoms with van der Waals surface area (Å²) < 4.78 is 5.81. The van der Waals surface area contributed by atoms with Gasteiger partial charge in [-0.15, -0.1) is 0 Å². The number of ether oxygens (including phenoxy) is 1. The van der Waals surface area contributed by atoms with Crippen molar-refractivity contribution in [3.8, 4) is 0 Å². The molecule has 2 aliphatic heterocycles. The van der Waals surface area contributed by atoms with E-state index in [0.717, 1.165) is 17.8 Å². The topological polar surface area (TPSA) is 49.8 Å². The number of carboxylic acid groups (broad SMARTS) is 1. The summed E-state index contributed by atoms with van der Waals surface area (Å²) in [7, 11) is 0. The number of allylic oxidation sites excluding steroid dienone is 1. The van der Waals surface area contributed by atoms with Crippen molar-refractivity contribution in [3.05, 3.63) is 11.3 Å². The molecule has 4 nitrogen and oxygen atoms in total. The number of aliphatic carboxylic acids is 1. The number of hydrogen-bond donors (Lipinski definition) is 1. The first-order valence-electron chi connectivity index (χ1n) is 5.71. The van der Waals surface area contributed by atoms with Crippen molar-refractivity contribution in [2.24, 2.45) is 0 Å². The van der Waals surface area contributed by atoms with Crippen LogP contribution in [0.5, 0.6) is 0 Å². The normalized spacial score (nSPS) is 38.4. The maximum absolute atomic E-state index is 11.5. The van der Waals surface area contributed by atoms with Crippen molar-refractivity contribution >= 4 is 5.97 Å². The van der Waals surface area contributed by atoms with Crippen LogP contribution in [0.2, 0.25) is 0 Å². The molecule has 16 heavy (non-hydrogen) atoms. The molecule has 4 heteroatoms. The molecule has 0 aliphatic carbocycles. The summed E-state index contributed by atoms with van der Waals surface area (Å²) in [6.07, 6.45) is 1.33. The molecule has 0 saturated carbocycles. The maximum Gasteiger partial charge on any atom is 0.324 e. The molecule has 0 radical (unpaired) electrons. The molecule has 1 N–H and O–H groups in total. The zero-order valence-electron chi connectivity index (χ0n) is 10.3. The molecule has 2 rings (SSSR count). The van der Waals surface area contributed by atoms with Gasteiger partial charge >= 0.3 is 5.97 Å². The lowest BCUT2D eigenvalue weighted by atomic mass is 9.83. The Kier molecular flexibility index (Phi) is 2.49. The maximum atomic E-state index is 11.5. The van der Waals surface area contributed by atoms with Crippen molar-refractivity contribution < 1.29 is 14.6 Å². The molecule has 2 saturated heterocycles. The Balaban J connectivity index is 2.34. The van der Waals surface area contributed by atoms with Gasteiger partial charge in [-0.2, -0.15) is 0 Å². The molecule has 2 heterocycles. The number of rotatable bonds is 1. The van der Waals surface area contributed by atoms with Gasteiger partial charge in [0.05, 0.1) is 5.76 Å². The van der Waals surface area contributed by atoms with Crippen molar-refractivity contribution in [2.75, 3.05) is 0 Å². The molecule has 1 unspecified atom stereocenters. The van der Waals surface area contributed by atoms with Crippen LogP contribution in [0.1, 0.15) is 40.5 Å². The zero-order chi connectivity index (χ0) is 12.1. The van der Waals surface area contributed by atoms with Gasteiger partial charge in [-0.25, -0.2) is 4.90 Å². The van der Waals surface area contributed by atoms with Crippen LogP contribution in [-0.2, 0) is 9.53 Å². The quantitative estimate of drug-likeness (QED) is 0.741. The second-order valence-electron chi connectivity index (χ2n) is 5.24. The van der Waals surface area contributed by atoms with Crippen LogP contribution < -0.4 is 0 Å². The smallest absolute Gasteiger partial charge is 0.324 e. The molecular formula is C12H19NO3. The first kappa shape index (κ1) is 11.5. The highest BCUT2D eigenvalue weighted by Gasteiger charge is 2.56. The van der Waals surface area contributed by atoms with E-state index in [1.54, 1.807) is 6.92 Å². The van der Waals surface area contributed by atoms with Gasteiger partial charge < -0.3 is 9.84 Å². The van der Waals surface area contributed by atoms with Crippen molar-refractivity contribution in [3.63, 3.8) is 0 Å². The van der Waals surface area contributed by atoms with Crippen LogP contribution >= 0.6 is 0 Å². The summed E-state index contributed by atoms with van der Waals surface area (Å²) in [6.45, 7) is 7.78. The second kappa shape index (κ2) is 3.48. The highest BCUT2D eigenvalue weighted by molar-refractivity contribution is 5.79. The van der Waals surface area contributed by atoms with Crippen LogP contribution in [0.3, 0.4) is 0 Å². The van der Waals surface area contributed by atoms with E-state index in [2.05, 4.69) is 6.92 Å². The van der Waals surface area contributed by atoms with Gasteiger partial charge in [0.2, 0.25) is 0 Å². The van der Waals surface area contributed by atoms with E-state index in [-0.39, 0.29) is 6.23 Å². The van der Waals surface area contributed by atoms with Gasteiger partial charge in [-0.05, 0) is 33.3 Å². The largest absolute Gasteiger partial charge is 0.480 e. The Bertz CT molecular complexity index is 359. The second-order valence-corrected chi connectivity index (χ2v) is 5.24. The van der Waals surface area contributed by atoms with Crippen molar-refractivity contribution in [2.45, 2.75) is 58.3 Å². The average molecular weight is 225 g/mol. The fourth-order valence-corrected chi connectivity index (χ4v) is 2.66. The molecule has 0 bridgehead atoms. The molecular weight excluding hydrogens is 206 g/mol. The number of carbonyl (C=O) groups is 1. The molecule has 0 amide bonds. The third kappa shape index (κ3) is 1.44. The highest BCUT2D eigenvalue weighted by Crippen LogP contribution is 2.44. The summed E-state index contributed by atoms with van der Waals surface area (Å²) in [5.41, 5.74) is 0.263. The first-order chi connectivity index (χ1) is 7.36. The summed E-state index contributed by atoms with van der Waals surface area (Å²) in [5.74, 6) is 0.0872. The Morgan fingerprint density at radius 2 is 2.19 bits per heavy atom. The minimum atomic E-state index is -0.812. The molecule has 90 valence electrons. The van der Waals surface area contributed by atoms with Gasteiger partial charge in [0, 0.05) is 18.9 Å². The number of carboxylic acids is 1. The molecule has 0 aromatic heterocycles. The fraction of sp³-hybridized carbons (Fsp3) is 0.750. The Morgan fingerprint density at radius 3 is 2.62 bits per heavy atom. The lowest BCUT2D eigenvalue weighted by Crippen LogP contribution is -2.70. The lowest BCUT2D eigenvalue weighted by molar-refractivity contribution is -0.220. The Labute approximate surface area is 95.9 Å². The molecule has 0 aromatic rings. The van der Waals surface area contributed by atoms with Gasteiger partial charge in [0.1, 0.15) is 5.54 Å². The fourth-order valence-electron chi connectivity index (χ4n) is 2.66. The van der Waals surface area contributed by atoms with Crippen molar-refractivity contribution in [1.82, 2.24) is 4.90 Å². The molecule has 2 aliphatic rings. The van der Waals surface area contributed by atoms with E-state index in [4.69, 9.17) is 4.74 Å². The molecule has 2 fully saturated rings. The third-order valence-electron chi connectivity index (χ3n) is 3.70. The van der Waals surface area contributed by atoms with Crippen molar-refractivity contribution in [1.29, 1.82) is 0 Å². The van der Waals surface area contributed by atoms with Gasteiger partial charge in [0.15, 0.2) is 6.23 Å². The van der Waals surface area contributed by atoms with Crippen LogP contribution in [0.4, 0.5) is 0 Å². The zero-order valence-corrected chi connectivity index (χ0v) is 10.3. The van der Waals surface area contributed by atoms with E-state index >= 15 is 0 Å². The monoisotopic (exact) mass is 225 g/mol. The molecule has 0 aromatic carbocycles. The Morgan fingerprint density at radius 1 is 1.56 bits per heavy atom. The summed E-state index contributed by atoms with van der Waals surface area (Å²) >= 11 is 0. The summed E-state index contributed by atoms with van der Waals surface area (Å²) in [4.78, 5) is 13.4. The minimum Gasteiger partial charge on any atom is -0.480 e. The van der Waals surface area contributed by atoms with Gasteiger partial charge in [0.25, 0.3) is 0 Å². The average Bonchev–Trinajstić information content (AvgIpc) is 2.14. The van der Waals surface area contributed by atoms with Crippen LogP contribution in [-0.4, -0.2) is 33.8 Å². The standard InChI is InChI=1S/C12H19NO3/c1-7(2)9-6-12(4,11(14)15)13-8(3)5-10(13)16-9/h8,10H,5-6H2,1-4H3,(H,14,15)/t8?,10-,12+/m1/s1.